The van der Waals surface area contributed by atoms with Crippen LogP contribution in [0.25, 0.3) is 0 Å². The van der Waals surface area contributed by atoms with Crippen molar-refractivity contribution >= 4 is 29.4 Å². The molecule has 0 saturated carbocycles. The van der Waals surface area contributed by atoms with Gasteiger partial charge >= 0.3 is 0 Å². The normalized spacial score (nSPS) is 18.8. The van der Waals surface area contributed by atoms with Gasteiger partial charge in [0.15, 0.2) is 6.29 Å². The highest BCUT2D eigenvalue weighted by Crippen LogP contribution is 2.33. The quantitative estimate of drug-likeness (QED) is 0.707. The number of hydrogen-bond acceptors (Lipinski definition) is 4. The number of nitrogens with zero attached hydrogens (tertiary/aromatic N) is 1. The third-order valence-electron chi connectivity index (χ3n) is 2.23. The molecule has 2 rings (SSSR count). The van der Waals surface area contributed by atoms with Gasteiger partial charge < -0.3 is 0 Å². The number of rotatable bonds is 2. The van der Waals surface area contributed by atoms with Crippen LogP contribution in [0.15, 0.2) is 6.20 Å². The van der Waals surface area contributed by atoms with Crippen molar-refractivity contribution in [2.75, 3.05) is 11.5 Å². The zero-order chi connectivity index (χ0) is 9.10. The van der Waals surface area contributed by atoms with Gasteiger partial charge in [0, 0.05) is 12.1 Å². The molecule has 0 spiro atoms. The molecule has 0 radical (unpaired) electrons. The molecule has 2 nitrogen and oxygen atoms in total. The van der Waals surface area contributed by atoms with Crippen LogP contribution in [0.3, 0.4) is 0 Å². The molecule has 0 amide bonds. The minimum Gasteiger partial charge on any atom is -0.297 e. The van der Waals surface area contributed by atoms with Crippen molar-refractivity contribution in [3.63, 3.8) is 0 Å². The standard InChI is InChI=1S/C9H11NOS2/c11-6-8-5-10-9(13-8)7-1-3-12-4-2-7/h5-7H,1-4H2. The maximum atomic E-state index is 10.5. The second-order valence-electron chi connectivity index (χ2n) is 3.11. The summed E-state index contributed by atoms with van der Waals surface area (Å²) in [6.07, 6.45) is 5.01. The summed E-state index contributed by atoms with van der Waals surface area (Å²) in [5.41, 5.74) is 0. The van der Waals surface area contributed by atoms with Crippen LogP contribution in [-0.2, 0) is 0 Å². The molecule has 2 heterocycles. The lowest BCUT2D eigenvalue weighted by atomic mass is 10.0. The van der Waals surface area contributed by atoms with Gasteiger partial charge in [-0.1, -0.05) is 0 Å². The van der Waals surface area contributed by atoms with Gasteiger partial charge in [-0.15, -0.1) is 11.3 Å². The first-order valence-corrected chi connectivity index (χ1v) is 6.36. The zero-order valence-corrected chi connectivity index (χ0v) is 8.87. The van der Waals surface area contributed by atoms with E-state index in [9.17, 15) is 4.79 Å². The molecule has 70 valence electrons. The lowest BCUT2D eigenvalue weighted by molar-refractivity contribution is 0.112. The van der Waals surface area contributed by atoms with Crippen LogP contribution < -0.4 is 0 Å². The lowest BCUT2D eigenvalue weighted by Crippen LogP contribution is -2.07. The number of thioether (sulfide) groups is 1. The van der Waals surface area contributed by atoms with E-state index in [1.807, 2.05) is 11.8 Å². The molecular formula is C9H11NOS2. The van der Waals surface area contributed by atoms with Gasteiger partial charge in [0.25, 0.3) is 0 Å². The molecule has 1 saturated heterocycles. The molecule has 0 N–H and O–H groups in total. The van der Waals surface area contributed by atoms with Gasteiger partial charge in [-0.3, -0.25) is 4.79 Å². The first-order chi connectivity index (χ1) is 6.40. The highest BCUT2D eigenvalue weighted by atomic mass is 32.2. The van der Waals surface area contributed by atoms with Crippen LogP contribution >= 0.6 is 23.1 Å². The molecule has 4 heteroatoms. The molecule has 1 fully saturated rings. The molecule has 1 aliphatic rings. The monoisotopic (exact) mass is 213 g/mol. The summed E-state index contributed by atoms with van der Waals surface area (Å²) in [6, 6.07) is 0. The Labute approximate surface area is 85.8 Å². The van der Waals surface area contributed by atoms with E-state index in [1.54, 1.807) is 17.5 Å². The first kappa shape index (κ1) is 9.21. The zero-order valence-electron chi connectivity index (χ0n) is 7.23. The average molecular weight is 213 g/mol. The van der Waals surface area contributed by atoms with E-state index in [-0.39, 0.29) is 0 Å². The van der Waals surface area contributed by atoms with Crippen LogP contribution in [0, 0.1) is 0 Å². The van der Waals surface area contributed by atoms with Crippen LogP contribution in [0.2, 0.25) is 0 Å². The first-order valence-electron chi connectivity index (χ1n) is 4.39. The predicted molar refractivity (Wildman–Crippen MR) is 56.8 cm³/mol. The number of thiazole rings is 1. The largest absolute Gasteiger partial charge is 0.297 e. The van der Waals surface area contributed by atoms with E-state index in [0.29, 0.717) is 5.92 Å². The van der Waals surface area contributed by atoms with Gasteiger partial charge in [0.1, 0.15) is 0 Å². The summed E-state index contributed by atoms with van der Waals surface area (Å²) >= 11 is 3.56. The fourth-order valence-electron chi connectivity index (χ4n) is 1.49. The summed E-state index contributed by atoms with van der Waals surface area (Å²) in [4.78, 5) is 15.5. The highest BCUT2D eigenvalue weighted by molar-refractivity contribution is 7.99. The molecule has 0 aliphatic carbocycles. The van der Waals surface area contributed by atoms with Crippen molar-refractivity contribution in [1.82, 2.24) is 4.98 Å². The number of hydrogen-bond donors (Lipinski definition) is 0. The number of aldehydes is 1. The van der Waals surface area contributed by atoms with Crippen molar-refractivity contribution < 1.29 is 4.79 Å². The minimum absolute atomic E-state index is 0.611. The Hall–Kier alpha value is -0.350. The van der Waals surface area contributed by atoms with Gasteiger partial charge in [0.05, 0.1) is 9.88 Å². The van der Waals surface area contributed by atoms with E-state index in [4.69, 9.17) is 0 Å². The van der Waals surface area contributed by atoms with Gasteiger partial charge in [-0.25, -0.2) is 4.98 Å². The van der Waals surface area contributed by atoms with Crippen molar-refractivity contribution in [3.8, 4) is 0 Å². The van der Waals surface area contributed by atoms with Crippen LogP contribution in [-0.4, -0.2) is 22.8 Å². The summed E-state index contributed by atoms with van der Waals surface area (Å²) in [6.45, 7) is 0. The highest BCUT2D eigenvalue weighted by Gasteiger charge is 2.18. The van der Waals surface area contributed by atoms with E-state index in [0.717, 1.165) is 16.2 Å². The molecule has 1 aromatic rings. The van der Waals surface area contributed by atoms with E-state index >= 15 is 0 Å². The average Bonchev–Trinajstić information content (AvgIpc) is 2.67. The van der Waals surface area contributed by atoms with Crippen molar-refractivity contribution in [1.29, 1.82) is 0 Å². The van der Waals surface area contributed by atoms with Gasteiger partial charge in [-0.2, -0.15) is 11.8 Å². The Morgan fingerprint density at radius 1 is 1.46 bits per heavy atom. The van der Waals surface area contributed by atoms with Gasteiger partial charge in [0.2, 0.25) is 0 Å². The molecule has 1 aromatic heterocycles. The SMILES string of the molecule is O=Cc1cnc(C2CCSCC2)s1. The Morgan fingerprint density at radius 2 is 2.23 bits per heavy atom. The molecule has 1 aliphatic heterocycles. The van der Waals surface area contributed by atoms with E-state index in [2.05, 4.69) is 4.98 Å². The third-order valence-corrected chi connectivity index (χ3v) is 4.36. The molecule has 0 bridgehead atoms. The fraction of sp³-hybridized carbons (Fsp3) is 0.556. The smallest absolute Gasteiger partial charge is 0.161 e. The topological polar surface area (TPSA) is 30.0 Å². The number of carbonyl (C=O) groups is 1. The lowest BCUT2D eigenvalue weighted by Gasteiger charge is -2.18. The van der Waals surface area contributed by atoms with Gasteiger partial charge in [-0.05, 0) is 24.3 Å². The van der Waals surface area contributed by atoms with Crippen LogP contribution in [0.4, 0.5) is 0 Å². The third kappa shape index (κ3) is 2.11. The van der Waals surface area contributed by atoms with Crippen LogP contribution in [0.1, 0.15) is 33.4 Å². The fourth-order valence-corrected chi connectivity index (χ4v) is 3.50. The molecule has 0 atom stereocenters. The summed E-state index contributed by atoms with van der Waals surface area (Å²) in [7, 11) is 0. The Bertz CT molecular complexity index is 292. The van der Waals surface area contributed by atoms with Crippen LogP contribution in [0.5, 0.6) is 0 Å². The number of aromatic nitrogens is 1. The summed E-state index contributed by atoms with van der Waals surface area (Å²) in [5.74, 6) is 3.08. The Kier molecular flexibility index (Phi) is 3.01. The molecule has 0 unspecified atom stereocenters. The maximum Gasteiger partial charge on any atom is 0.161 e. The van der Waals surface area contributed by atoms with E-state index < -0.39 is 0 Å². The Morgan fingerprint density at radius 3 is 2.85 bits per heavy atom. The summed E-state index contributed by atoms with van der Waals surface area (Å²) < 4.78 is 0. The molecule has 0 aromatic carbocycles. The second kappa shape index (κ2) is 4.24. The van der Waals surface area contributed by atoms with Crippen molar-refractivity contribution in [3.05, 3.63) is 16.1 Å². The van der Waals surface area contributed by atoms with Crippen molar-refractivity contribution in [2.45, 2.75) is 18.8 Å². The minimum atomic E-state index is 0.611. The van der Waals surface area contributed by atoms with E-state index in [1.165, 1.54) is 24.3 Å². The van der Waals surface area contributed by atoms with Crippen molar-refractivity contribution in [2.24, 2.45) is 0 Å². The summed E-state index contributed by atoms with van der Waals surface area (Å²) in [5, 5.41) is 1.16. The predicted octanol–water partition coefficient (Wildman–Crippen LogP) is 2.57. The maximum absolute atomic E-state index is 10.5. The molecule has 13 heavy (non-hydrogen) atoms. The second-order valence-corrected chi connectivity index (χ2v) is 5.42. The number of carbonyl (C=O) groups excluding carboxylic acids is 1. The Balaban J connectivity index is 2.09. The molecular weight excluding hydrogens is 202 g/mol.